The summed E-state index contributed by atoms with van der Waals surface area (Å²) < 4.78 is 40.4. The normalized spacial score (nSPS) is 32.4. The van der Waals surface area contributed by atoms with Crippen LogP contribution in [0.25, 0.3) is 0 Å². The largest absolute Gasteiger partial charge is 0.463 e. The van der Waals surface area contributed by atoms with E-state index >= 15 is 0 Å². The molecule has 236 valence electrons. The van der Waals surface area contributed by atoms with Crippen LogP contribution in [-0.4, -0.2) is 84.1 Å². The first kappa shape index (κ1) is 34.9. The second-order valence-corrected chi connectivity index (χ2v) is 11.4. The van der Waals surface area contributed by atoms with Crippen molar-refractivity contribution >= 4 is 35.6 Å². The van der Waals surface area contributed by atoms with E-state index in [2.05, 4.69) is 0 Å². The van der Waals surface area contributed by atoms with Crippen LogP contribution in [0.4, 0.5) is 0 Å². The molecule has 13 heteroatoms. The first-order valence-electron chi connectivity index (χ1n) is 13.7. The van der Waals surface area contributed by atoms with Gasteiger partial charge in [0.15, 0.2) is 36.0 Å². The Morgan fingerprint density at radius 2 is 1.29 bits per heavy atom. The summed E-state index contributed by atoms with van der Waals surface area (Å²) in [7, 11) is 0. The standard InChI is InChI=1S/C29H42O13/c1-16(30)11-14-29(41-21(6)35)27(7,8)12-10-13-28(29,9)42-26-25(39-20(5)34)24(38-19(4)33)23(37-18(3)32)22(40-26)15-36-17(2)31/h11,14,22-26H,10,12-13,15H2,1-9H3/b14-11+/t22-,23-,24+,25-,26+,28-,29-/m1/s1. The zero-order chi connectivity index (χ0) is 32.0. The van der Waals surface area contributed by atoms with Crippen LogP contribution < -0.4 is 0 Å². The molecule has 1 saturated carbocycles. The lowest BCUT2D eigenvalue weighted by atomic mass is 9.58. The summed E-state index contributed by atoms with van der Waals surface area (Å²) in [6.07, 6.45) is -2.69. The third-order valence-corrected chi connectivity index (χ3v) is 7.43. The molecule has 0 N–H and O–H groups in total. The lowest BCUT2D eigenvalue weighted by molar-refractivity contribution is -0.354. The third-order valence-electron chi connectivity index (χ3n) is 7.43. The van der Waals surface area contributed by atoms with Gasteiger partial charge in [0.25, 0.3) is 0 Å². The van der Waals surface area contributed by atoms with E-state index < -0.39 is 83.8 Å². The fourth-order valence-electron chi connectivity index (χ4n) is 5.78. The van der Waals surface area contributed by atoms with Crippen molar-refractivity contribution < 1.29 is 61.9 Å². The van der Waals surface area contributed by atoms with Crippen molar-refractivity contribution in [2.45, 2.75) is 123 Å². The van der Waals surface area contributed by atoms with Crippen molar-refractivity contribution in [2.75, 3.05) is 6.61 Å². The second-order valence-electron chi connectivity index (χ2n) is 11.4. The molecular formula is C29H42O13. The van der Waals surface area contributed by atoms with E-state index in [0.717, 1.165) is 20.8 Å². The van der Waals surface area contributed by atoms with E-state index in [0.29, 0.717) is 19.3 Å². The minimum absolute atomic E-state index is 0.294. The molecular weight excluding hydrogens is 556 g/mol. The van der Waals surface area contributed by atoms with Crippen LogP contribution >= 0.6 is 0 Å². The fraction of sp³-hybridized carbons (Fsp3) is 0.724. The Labute approximate surface area is 245 Å². The van der Waals surface area contributed by atoms with Crippen molar-refractivity contribution in [1.82, 2.24) is 0 Å². The van der Waals surface area contributed by atoms with Crippen molar-refractivity contribution in [3.05, 3.63) is 12.2 Å². The van der Waals surface area contributed by atoms with Gasteiger partial charge in [-0.1, -0.05) is 13.8 Å². The second kappa shape index (κ2) is 13.8. The number of hydrogen-bond acceptors (Lipinski definition) is 13. The molecule has 0 aromatic heterocycles. The molecule has 2 rings (SSSR count). The van der Waals surface area contributed by atoms with Gasteiger partial charge < -0.3 is 33.2 Å². The van der Waals surface area contributed by atoms with Gasteiger partial charge in [0.2, 0.25) is 0 Å². The quantitative estimate of drug-likeness (QED) is 0.205. The highest BCUT2D eigenvalue weighted by atomic mass is 16.7. The predicted molar refractivity (Wildman–Crippen MR) is 143 cm³/mol. The summed E-state index contributed by atoms with van der Waals surface area (Å²) in [4.78, 5) is 72.7. The van der Waals surface area contributed by atoms with Gasteiger partial charge in [-0.3, -0.25) is 28.8 Å². The zero-order valence-corrected chi connectivity index (χ0v) is 25.7. The number of ketones is 1. The summed E-state index contributed by atoms with van der Waals surface area (Å²) >= 11 is 0. The summed E-state index contributed by atoms with van der Waals surface area (Å²) in [5.74, 6) is -3.92. The number of esters is 5. The van der Waals surface area contributed by atoms with E-state index in [1.165, 1.54) is 32.9 Å². The van der Waals surface area contributed by atoms with Crippen LogP contribution in [0.5, 0.6) is 0 Å². The van der Waals surface area contributed by atoms with E-state index in [1.807, 2.05) is 13.8 Å². The molecule has 0 aromatic carbocycles. The molecule has 7 atom stereocenters. The molecule has 1 heterocycles. The van der Waals surface area contributed by atoms with Gasteiger partial charge in [0.1, 0.15) is 18.3 Å². The van der Waals surface area contributed by atoms with Crippen LogP contribution in [-0.2, 0) is 61.9 Å². The van der Waals surface area contributed by atoms with Crippen LogP contribution in [0, 0.1) is 5.41 Å². The van der Waals surface area contributed by atoms with E-state index in [1.54, 1.807) is 6.92 Å². The Morgan fingerprint density at radius 3 is 1.79 bits per heavy atom. The molecule has 1 aliphatic carbocycles. The van der Waals surface area contributed by atoms with Gasteiger partial charge in [-0.15, -0.1) is 0 Å². The monoisotopic (exact) mass is 598 g/mol. The molecule has 42 heavy (non-hydrogen) atoms. The summed E-state index contributed by atoms with van der Waals surface area (Å²) in [6.45, 7) is 12.1. The molecule has 0 bridgehead atoms. The number of ether oxygens (including phenoxy) is 7. The number of hydrogen-bond donors (Lipinski definition) is 0. The molecule has 0 spiro atoms. The van der Waals surface area contributed by atoms with Crippen molar-refractivity contribution in [3.8, 4) is 0 Å². The minimum atomic E-state index is -1.52. The number of carbonyl (C=O) groups excluding carboxylic acids is 6. The Bertz CT molecular complexity index is 1100. The topological polar surface area (TPSA) is 167 Å². The lowest BCUT2D eigenvalue weighted by Gasteiger charge is -2.58. The van der Waals surface area contributed by atoms with E-state index in [4.69, 9.17) is 33.2 Å². The zero-order valence-electron chi connectivity index (χ0n) is 25.7. The van der Waals surface area contributed by atoms with Crippen molar-refractivity contribution in [1.29, 1.82) is 0 Å². The highest BCUT2D eigenvalue weighted by Crippen LogP contribution is 2.55. The highest BCUT2D eigenvalue weighted by molar-refractivity contribution is 5.87. The van der Waals surface area contributed by atoms with Gasteiger partial charge in [-0.2, -0.15) is 0 Å². The molecule has 1 saturated heterocycles. The maximum Gasteiger partial charge on any atom is 0.303 e. The SMILES string of the molecule is CC(=O)/C=C/[C@@]1(OC(C)=O)C(C)(C)CCC[C@@]1(C)O[C@@H]1O[C@H](COC(C)=O)[C@@H](OC(C)=O)[C@H](OC(C)=O)[C@H]1OC(C)=O. The number of carbonyl (C=O) groups is 6. The lowest BCUT2D eigenvalue weighted by Crippen LogP contribution is -2.69. The molecule has 2 aliphatic rings. The van der Waals surface area contributed by atoms with Crippen LogP contribution in [0.1, 0.15) is 81.6 Å². The Morgan fingerprint density at radius 1 is 0.738 bits per heavy atom. The molecule has 0 radical (unpaired) electrons. The van der Waals surface area contributed by atoms with E-state index in [9.17, 15) is 28.8 Å². The molecule has 1 aliphatic heterocycles. The molecule has 0 aromatic rings. The smallest absolute Gasteiger partial charge is 0.303 e. The van der Waals surface area contributed by atoms with Crippen LogP contribution in [0.3, 0.4) is 0 Å². The maximum atomic E-state index is 12.5. The van der Waals surface area contributed by atoms with Crippen LogP contribution in [0.15, 0.2) is 12.2 Å². The Kier molecular flexibility index (Phi) is 11.4. The maximum absolute atomic E-state index is 12.5. The summed E-state index contributed by atoms with van der Waals surface area (Å²) in [5.41, 5.74) is -3.69. The molecule has 0 amide bonds. The Hall–Kier alpha value is -3.32. The summed E-state index contributed by atoms with van der Waals surface area (Å²) in [5, 5.41) is 0. The molecule has 0 unspecified atom stereocenters. The minimum Gasteiger partial charge on any atom is -0.463 e. The van der Waals surface area contributed by atoms with Crippen LogP contribution in [0.2, 0.25) is 0 Å². The first-order chi connectivity index (χ1) is 19.3. The van der Waals surface area contributed by atoms with Crippen molar-refractivity contribution in [3.63, 3.8) is 0 Å². The van der Waals surface area contributed by atoms with Gasteiger partial charge in [0, 0.05) is 40.0 Å². The average Bonchev–Trinajstić information content (AvgIpc) is 2.82. The summed E-state index contributed by atoms with van der Waals surface area (Å²) in [6, 6.07) is 0. The molecule has 13 nitrogen and oxygen atoms in total. The van der Waals surface area contributed by atoms with Crippen molar-refractivity contribution in [2.24, 2.45) is 5.41 Å². The highest BCUT2D eigenvalue weighted by Gasteiger charge is 2.64. The third kappa shape index (κ3) is 8.15. The number of allylic oxidation sites excluding steroid dienone is 1. The fourth-order valence-corrected chi connectivity index (χ4v) is 5.78. The first-order valence-corrected chi connectivity index (χ1v) is 13.7. The van der Waals surface area contributed by atoms with Gasteiger partial charge in [0.05, 0.1) is 0 Å². The average molecular weight is 599 g/mol. The van der Waals surface area contributed by atoms with E-state index in [-0.39, 0.29) is 5.78 Å². The predicted octanol–water partition coefficient (Wildman–Crippen LogP) is 2.50. The molecule has 2 fully saturated rings. The van der Waals surface area contributed by atoms with Gasteiger partial charge in [-0.05, 0) is 45.3 Å². The number of rotatable bonds is 10. The van der Waals surface area contributed by atoms with Gasteiger partial charge >= 0.3 is 29.8 Å². The Balaban J connectivity index is 2.74. The van der Waals surface area contributed by atoms with Gasteiger partial charge in [-0.25, -0.2) is 0 Å².